The average molecular weight is 289 g/mol. The predicted molar refractivity (Wildman–Crippen MR) is 89.8 cm³/mol. The molecule has 1 fully saturated rings. The van der Waals surface area contributed by atoms with Crippen LogP contribution in [-0.4, -0.2) is 7.11 Å². The topological polar surface area (TPSA) is 35.2 Å². The summed E-state index contributed by atoms with van der Waals surface area (Å²) in [7, 11) is 1.76. The maximum Gasteiger partial charge on any atom is 0.124 e. The Morgan fingerprint density at radius 2 is 1.81 bits per heavy atom. The Labute approximate surface area is 130 Å². The Hall–Kier alpha value is -1.02. The second-order valence-corrected chi connectivity index (χ2v) is 7.34. The van der Waals surface area contributed by atoms with Crippen LogP contribution in [0.2, 0.25) is 0 Å². The lowest BCUT2D eigenvalue weighted by Crippen LogP contribution is -2.34. The summed E-state index contributed by atoms with van der Waals surface area (Å²) >= 11 is 0. The molecule has 1 atom stereocenters. The van der Waals surface area contributed by atoms with Gasteiger partial charge < -0.3 is 10.5 Å². The lowest BCUT2D eigenvalue weighted by molar-refractivity contribution is 0.180. The van der Waals surface area contributed by atoms with Crippen molar-refractivity contribution in [2.24, 2.45) is 17.1 Å². The minimum Gasteiger partial charge on any atom is -0.496 e. The largest absolute Gasteiger partial charge is 0.496 e. The maximum atomic E-state index is 6.83. The predicted octanol–water partition coefficient (Wildman–Crippen LogP) is 4.92. The molecule has 2 heteroatoms. The van der Waals surface area contributed by atoms with Crippen LogP contribution in [0.3, 0.4) is 0 Å². The van der Waals surface area contributed by atoms with E-state index in [4.69, 9.17) is 10.5 Å². The average Bonchev–Trinajstić information content (AvgIpc) is 2.86. The summed E-state index contributed by atoms with van der Waals surface area (Å²) in [6.07, 6.45) is 6.34. The van der Waals surface area contributed by atoms with Crippen molar-refractivity contribution in [3.63, 3.8) is 0 Å². The van der Waals surface area contributed by atoms with Gasteiger partial charge in [-0.1, -0.05) is 32.8 Å². The molecule has 1 aliphatic carbocycles. The zero-order chi connectivity index (χ0) is 15.6. The summed E-state index contributed by atoms with van der Waals surface area (Å²) in [5.41, 5.74) is 10.8. The summed E-state index contributed by atoms with van der Waals surface area (Å²) in [4.78, 5) is 0. The van der Waals surface area contributed by atoms with Crippen LogP contribution in [0.15, 0.2) is 12.1 Å². The van der Waals surface area contributed by atoms with E-state index in [0.717, 1.165) is 5.75 Å². The van der Waals surface area contributed by atoms with Gasteiger partial charge in [-0.3, -0.25) is 0 Å². The van der Waals surface area contributed by atoms with E-state index in [0.29, 0.717) is 5.92 Å². The van der Waals surface area contributed by atoms with Crippen LogP contribution in [0.25, 0.3) is 0 Å². The van der Waals surface area contributed by atoms with Crippen LogP contribution >= 0.6 is 0 Å². The molecule has 2 N–H and O–H groups in total. The summed E-state index contributed by atoms with van der Waals surface area (Å²) in [5, 5.41) is 0. The highest BCUT2D eigenvalue weighted by atomic mass is 16.5. The van der Waals surface area contributed by atoms with Crippen molar-refractivity contribution >= 4 is 0 Å². The first kappa shape index (κ1) is 16.4. The summed E-state index contributed by atoms with van der Waals surface area (Å²) in [6, 6.07) is 4.44. The SMILES string of the molecule is COc1cc(C)cc(C)c1C(N)C1(CC(C)C)CCCC1. The van der Waals surface area contributed by atoms with Gasteiger partial charge in [0.05, 0.1) is 7.11 Å². The molecule has 21 heavy (non-hydrogen) atoms. The lowest BCUT2D eigenvalue weighted by Gasteiger charge is -2.38. The Bertz CT molecular complexity index is 487. The van der Waals surface area contributed by atoms with Crippen LogP contribution in [-0.2, 0) is 0 Å². The fourth-order valence-corrected chi connectivity index (χ4v) is 4.35. The van der Waals surface area contributed by atoms with Gasteiger partial charge in [-0.25, -0.2) is 0 Å². The minimum absolute atomic E-state index is 0.0814. The molecule has 1 aromatic carbocycles. The highest BCUT2D eigenvalue weighted by Crippen LogP contribution is 2.52. The van der Waals surface area contributed by atoms with E-state index >= 15 is 0 Å². The van der Waals surface area contributed by atoms with Crippen LogP contribution in [0.5, 0.6) is 5.75 Å². The second-order valence-electron chi connectivity index (χ2n) is 7.34. The van der Waals surface area contributed by atoms with Crippen molar-refractivity contribution in [3.05, 3.63) is 28.8 Å². The number of ether oxygens (including phenoxy) is 1. The highest BCUT2D eigenvalue weighted by Gasteiger charge is 2.41. The number of nitrogens with two attached hydrogens (primary N) is 1. The standard InChI is InChI=1S/C19H31NO/c1-13(2)12-19(8-6-7-9-19)18(20)17-15(4)10-14(3)11-16(17)21-5/h10-11,13,18H,6-9,12,20H2,1-5H3. The Balaban J connectivity index is 2.44. The molecule has 0 bridgehead atoms. The molecule has 0 aromatic heterocycles. The molecule has 0 saturated heterocycles. The van der Waals surface area contributed by atoms with Crippen molar-refractivity contribution in [3.8, 4) is 5.75 Å². The number of aryl methyl sites for hydroxylation is 2. The monoisotopic (exact) mass is 289 g/mol. The van der Waals surface area contributed by atoms with Crippen LogP contribution < -0.4 is 10.5 Å². The quantitative estimate of drug-likeness (QED) is 0.835. The third-order valence-electron chi connectivity index (χ3n) is 5.10. The van der Waals surface area contributed by atoms with E-state index in [1.165, 1.54) is 48.8 Å². The third-order valence-corrected chi connectivity index (χ3v) is 5.10. The van der Waals surface area contributed by atoms with Gasteiger partial charge in [-0.2, -0.15) is 0 Å². The molecule has 1 aliphatic rings. The van der Waals surface area contributed by atoms with E-state index in [2.05, 4.69) is 39.8 Å². The van der Waals surface area contributed by atoms with Gasteiger partial charge in [-0.05, 0) is 61.6 Å². The molecule has 1 unspecified atom stereocenters. The number of hydrogen-bond donors (Lipinski definition) is 1. The smallest absolute Gasteiger partial charge is 0.124 e. The van der Waals surface area contributed by atoms with Crippen molar-refractivity contribution in [2.75, 3.05) is 7.11 Å². The third kappa shape index (κ3) is 3.26. The second kappa shape index (κ2) is 6.39. The first-order valence-electron chi connectivity index (χ1n) is 8.30. The van der Waals surface area contributed by atoms with Gasteiger partial charge in [0.1, 0.15) is 5.75 Å². The van der Waals surface area contributed by atoms with Gasteiger partial charge in [0.25, 0.3) is 0 Å². The van der Waals surface area contributed by atoms with Crippen molar-refractivity contribution < 1.29 is 4.74 Å². The Morgan fingerprint density at radius 1 is 1.19 bits per heavy atom. The van der Waals surface area contributed by atoms with E-state index in [1.807, 2.05) is 0 Å². The number of methoxy groups -OCH3 is 1. The normalized spacial score (nSPS) is 19.0. The summed E-state index contributed by atoms with van der Waals surface area (Å²) in [6.45, 7) is 8.91. The fraction of sp³-hybridized carbons (Fsp3) is 0.684. The van der Waals surface area contributed by atoms with Gasteiger partial charge >= 0.3 is 0 Å². The first-order chi connectivity index (χ1) is 9.89. The van der Waals surface area contributed by atoms with Crippen LogP contribution in [0.4, 0.5) is 0 Å². The fourth-order valence-electron chi connectivity index (χ4n) is 4.35. The summed E-state index contributed by atoms with van der Waals surface area (Å²) in [5.74, 6) is 1.65. The number of rotatable bonds is 5. The molecule has 2 nitrogen and oxygen atoms in total. The molecule has 0 amide bonds. The molecule has 0 heterocycles. The Morgan fingerprint density at radius 3 is 2.33 bits per heavy atom. The van der Waals surface area contributed by atoms with Crippen LogP contribution in [0, 0.1) is 25.2 Å². The highest BCUT2D eigenvalue weighted by molar-refractivity contribution is 5.46. The molecule has 1 saturated carbocycles. The van der Waals surface area contributed by atoms with Crippen molar-refractivity contribution in [1.82, 2.24) is 0 Å². The van der Waals surface area contributed by atoms with E-state index in [9.17, 15) is 0 Å². The molecule has 1 aromatic rings. The zero-order valence-electron chi connectivity index (χ0n) is 14.3. The molecular formula is C19H31NO. The minimum atomic E-state index is 0.0814. The molecule has 118 valence electrons. The van der Waals surface area contributed by atoms with Gasteiger partial charge in [0, 0.05) is 11.6 Å². The lowest BCUT2D eigenvalue weighted by atomic mass is 9.70. The Kier molecular flexibility index (Phi) is 4.98. The van der Waals surface area contributed by atoms with Gasteiger partial charge in [0.2, 0.25) is 0 Å². The molecular weight excluding hydrogens is 258 g/mol. The van der Waals surface area contributed by atoms with Crippen molar-refractivity contribution in [1.29, 1.82) is 0 Å². The number of benzene rings is 1. The van der Waals surface area contributed by atoms with E-state index in [-0.39, 0.29) is 11.5 Å². The summed E-state index contributed by atoms with van der Waals surface area (Å²) < 4.78 is 5.66. The molecule has 2 rings (SSSR count). The maximum absolute atomic E-state index is 6.83. The molecule has 0 aliphatic heterocycles. The van der Waals surface area contributed by atoms with Crippen LogP contribution in [0.1, 0.15) is 68.7 Å². The first-order valence-corrected chi connectivity index (χ1v) is 8.30. The zero-order valence-corrected chi connectivity index (χ0v) is 14.3. The van der Waals surface area contributed by atoms with E-state index < -0.39 is 0 Å². The van der Waals surface area contributed by atoms with E-state index in [1.54, 1.807) is 7.11 Å². The van der Waals surface area contributed by atoms with Gasteiger partial charge in [-0.15, -0.1) is 0 Å². The molecule has 0 radical (unpaired) electrons. The number of hydrogen-bond acceptors (Lipinski definition) is 2. The van der Waals surface area contributed by atoms with Gasteiger partial charge in [0.15, 0.2) is 0 Å². The van der Waals surface area contributed by atoms with Crippen molar-refractivity contribution in [2.45, 2.75) is 65.8 Å². The molecule has 0 spiro atoms.